The van der Waals surface area contributed by atoms with Crippen molar-refractivity contribution in [3.63, 3.8) is 0 Å². The van der Waals surface area contributed by atoms with E-state index >= 15 is 0 Å². The Kier molecular flexibility index (Phi) is 4.68. The van der Waals surface area contributed by atoms with E-state index in [2.05, 4.69) is 34.6 Å². The number of nitrogens with zero attached hydrogens (tertiary/aromatic N) is 3. The number of aliphatic hydroxyl groups is 1. The Morgan fingerprint density at radius 2 is 2.13 bits per heavy atom. The lowest BCUT2D eigenvalue weighted by Gasteiger charge is -2.27. The van der Waals surface area contributed by atoms with E-state index in [-0.39, 0.29) is 6.61 Å². The van der Waals surface area contributed by atoms with E-state index in [0.717, 1.165) is 42.2 Å². The van der Waals surface area contributed by atoms with Crippen molar-refractivity contribution in [3.8, 4) is 5.75 Å². The Morgan fingerprint density at radius 1 is 1.30 bits per heavy atom. The summed E-state index contributed by atoms with van der Waals surface area (Å²) < 4.78 is 7.94. The standard InChI is InChI=1S/C18H25N3O2/c1-13-8-14(2)21(19-13)10-15(3)20-6-7-23-18-5-4-16(12-22)9-17(18)11-20/h4-5,8-9,15,22H,6-7,10-12H2,1-3H3/t15-/m0/s1. The average Bonchev–Trinajstić information content (AvgIpc) is 2.74. The molecule has 2 heterocycles. The maximum Gasteiger partial charge on any atom is 0.123 e. The van der Waals surface area contributed by atoms with Gasteiger partial charge in [0.15, 0.2) is 0 Å². The van der Waals surface area contributed by atoms with Crippen LogP contribution >= 0.6 is 0 Å². The first-order chi connectivity index (χ1) is 11.1. The molecule has 0 aliphatic carbocycles. The number of ether oxygens (including phenoxy) is 1. The number of aromatic nitrogens is 2. The van der Waals surface area contributed by atoms with Gasteiger partial charge in [0.1, 0.15) is 12.4 Å². The molecular formula is C18H25N3O2. The minimum absolute atomic E-state index is 0.0641. The summed E-state index contributed by atoms with van der Waals surface area (Å²) in [7, 11) is 0. The SMILES string of the molecule is Cc1cc(C)n(C[C@H](C)N2CCOc3ccc(CO)cc3C2)n1. The van der Waals surface area contributed by atoms with Gasteiger partial charge in [0.2, 0.25) is 0 Å². The van der Waals surface area contributed by atoms with Crippen LogP contribution in [0.4, 0.5) is 0 Å². The van der Waals surface area contributed by atoms with Crippen molar-refractivity contribution >= 4 is 0 Å². The second-order valence-corrected chi connectivity index (χ2v) is 6.38. The van der Waals surface area contributed by atoms with E-state index < -0.39 is 0 Å². The van der Waals surface area contributed by atoms with Crippen LogP contribution in [0.3, 0.4) is 0 Å². The Labute approximate surface area is 137 Å². The zero-order valence-corrected chi connectivity index (χ0v) is 14.1. The van der Waals surface area contributed by atoms with Crippen LogP contribution in [-0.4, -0.2) is 39.0 Å². The number of aliphatic hydroxyl groups excluding tert-OH is 1. The van der Waals surface area contributed by atoms with Gasteiger partial charge in [-0.15, -0.1) is 0 Å². The molecule has 0 amide bonds. The molecule has 1 atom stereocenters. The van der Waals surface area contributed by atoms with Gasteiger partial charge < -0.3 is 9.84 Å². The molecule has 2 aromatic rings. The molecule has 124 valence electrons. The highest BCUT2D eigenvalue weighted by Gasteiger charge is 2.21. The van der Waals surface area contributed by atoms with Crippen LogP contribution in [0.15, 0.2) is 24.3 Å². The van der Waals surface area contributed by atoms with E-state index in [1.807, 2.05) is 25.1 Å². The predicted octanol–water partition coefficient (Wildman–Crippen LogP) is 2.28. The maximum absolute atomic E-state index is 9.35. The second kappa shape index (κ2) is 6.72. The highest BCUT2D eigenvalue weighted by molar-refractivity contribution is 5.37. The average molecular weight is 315 g/mol. The quantitative estimate of drug-likeness (QED) is 0.940. The highest BCUT2D eigenvalue weighted by Crippen LogP contribution is 2.25. The van der Waals surface area contributed by atoms with Gasteiger partial charge in [-0.05, 0) is 44.5 Å². The molecule has 0 saturated carbocycles. The third-order valence-electron chi connectivity index (χ3n) is 4.48. The van der Waals surface area contributed by atoms with E-state index in [1.54, 1.807) is 0 Å². The third-order valence-corrected chi connectivity index (χ3v) is 4.48. The smallest absolute Gasteiger partial charge is 0.123 e. The van der Waals surface area contributed by atoms with Gasteiger partial charge in [-0.2, -0.15) is 5.10 Å². The normalized spacial score (nSPS) is 16.5. The molecule has 0 unspecified atom stereocenters. The van der Waals surface area contributed by atoms with E-state index in [9.17, 15) is 5.11 Å². The summed E-state index contributed by atoms with van der Waals surface area (Å²) in [6.07, 6.45) is 0. The number of fused-ring (bicyclic) bond motifs is 1. The van der Waals surface area contributed by atoms with Crippen molar-refractivity contribution in [1.29, 1.82) is 0 Å². The van der Waals surface area contributed by atoms with Crippen molar-refractivity contribution in [3.05, 3.63) is 46.8 Å². The van der Waals surface area contributed by atoms with Crippen LogP contribution in [-0.2, 0) is 19.7 Å². The lowest BCUT2D eigenvalue weighted by atomic mass is 10.1. The van der Waals surface area contributed by atoms with Crippen molar-refractivity contribution < 1.29 is 9.84 Å². The monoisotopic (exact) mass is 315 g/mol. The molecule has 1 aliphatic rings. The van der Waals surface area contributed by atoms with Gasteiger partial charge in [0.05, 0.1) is 18.8 Å². The first-order valence-corrected chi connectivity index (χ1v) is 8.17. The second-order valence-electron chi connectivity index (χ2n) is 6.38. The summed E-state index contributed by atoms with van der Waals surface area (Å²) in [5.41, 5.74) is 4.34. The highest BCUT2D eigenvalue weighted by atomic mass is 16.5. The van der Waals surface area contributed by atoms with E-state index in [4.69, 9.17) is 4.74 Å². The molecule has 5 nitrogen and oxygen atoms in total. The first kappa shape index (κ1) is 16.0. The Balaban J connectivity index is 1.75. The fourth-order valence-electron chi connectivity index (χ4n) is 3.17. The molecule has 0 saturated heterocycles. The summed E-state index contributed by atoms with van der Waals surface area (Å²) >= 11 is 0. The first-order valence-electron chi connectivity index (χ1n) is 8.17. The van der Waals surface area contributed by atoms with Crippen LogP contribution in [0.25, 0.3) is 0 Å². The van der Waals surface area contributed by atoms with Gasteiger partial charge in [-0.25, -0.2) is 0 Å². The lowest BCUT2D eigenvalue weighted by molar-refractivity contribution is 0.161. The zero-order valence-electron chi connectivity index (χ0n) is 14.1. The molecule has 1 N–H and O–H groups in total. The van der Waals surface area contributed by atoms with Gasteiger partial charge in [0, 0.05) is 30.4 Å². The summed E-state index contributed by atoms with van der Waals surface area (Å²) in [6.45, 7) is 9.71. The molecule has 1 aromatic carbocycles. The number of hydrogen-bond acceptors (Lipinski definition) is 4. The van der Waals surface area contributed by atoms with E-state index in [0.29, 0.717) is 12.6 Å². The molecule has 0 fully saturated rings. The van der Waals surface area contributed by atoms with E-state index in [1.165, 1.54) is 5.69 Å². The van der Waals surface area contributed by atoms with Gasteiger partial charge >= 0.3 is 0 Å². The molecule has 3 rings (SSSR count). The lowest BCUT2D eigenvalue weighted by Crippen LogP contribution is -2.37. The summed E-state index contributed by atoms with van der Waals surface area (Å²) in [5, 5.41) is 13.9. The summed E-state index contributed by atoms with van der Waals surface area (Å²) in [6, 6.07) is 8.41. The molecule has 0 radical (unpaired) electrons. The van der Waals surface area contributed by atoms with Crippen LogP contribution in [0, 0.1) is 13.8 Å². The molecule has 0 spiro atoms. The topological polar surface area (TPSA) is 50.5 Å². The van der Waals surface area contributed by atoms with Crippen LogP contribution in [0.2, 0.25) is 0 Å². The summed E-state index contributed by atoms with van der Waals surface area (Å²) in [5.74, 6) is 0.933. The van der Waals surface area contributed by atoms with Gasteiger partial charge in [0.25, 0.3) is 0 Å². The fraction of sp³-hybridized carbons (Fsp3) is 0.500. The van der Waals surface area contributed by atoms with Gasteiger partial charge in [-0.1, -0.05) is 6.07 Å². The molecule has 5 heteroatoms. The Bertz CT molecular complexity index is 681. The number of rotatable bonds is 4. The Morgan fingerprint density at radius 3 is 2.83 bits per heavy atom. The van der Waals surface area contributed by atoms with Crippen LogP contribution < -0.4 is 4.74 Å². The predicted molar refractivity (Wildman–Crippen MR) is 89.4 cm³/mol. The largest absolute Gasteiger partial charge is 0.492 e. The number of hydrogen-bond donors (Lipinski definition) is 1. The van der Waals surface area contributed by atoms with Crippen LogP contribution in [0.5, 0.6) is 5.75 Å². The fourth-order valence-corrected chi connectivity index (χ4v) is 3.17. The zero-order chi connectivity index (χ0) is 16.4. The third kappa shape index (κ3) is 3.57. The molecule has 1 aliphatic heterocycles. The van der Waals surface area contributed by atoms with Crippen molar-refractivity contribution in [2.75, 3.05) is 13.2 Å². The van der Waals surface area contributed by atoms with Crippen molar-refractivity contribution in [2.24, 2.45) is 0 Å². The molecule has 23 heavy (non-hydrogen) atoms. The molecular weight excluding hydrogens is 290 g/mol. The maximum atomic E-state index is 9.35. The van der Waals surface area contributed by atoms with Crippen molar-refractivity contribution in [2.45, 2.75) is 46.5 Å². The minimum atomic E-state index is 0.0641. The number of benzene rings is 1. The van der Waals surface area contributed by atoms with Crippen molar-refractivity contribution in [1.82, 2.24) is 14.7 Å². The van der Waals surface area contributed by atoms with Crippen LogP contribution in [0.1, 0.15) is 29.4 Å². The number of aryl methyl sites for hydroxylation is 2. The molecule has 1 aromatic heterocycles. The molecule has 0 bridgehead atoms. The Hall–Kier alpha value is -1.85. The van der Waals surface area contributed by atoms with Gasteiger partial charge in [-0.3, -0.25) is 9.58 Å². The minimum Gasteiger partial charge on any atom is -0.492 e. The summed E-state index contributed by atoms with van der Waals surface area (Å²) in [4.78, 5) is 2.42.